The first-order chi connectivity index (χ1) is 8.55. The molecule has 0 aliphatic carbocycles. The van der Waals surface area contributed by atoms with E-state index in [0.717, 1.165) is 0 Å². The summed E-state index contributed by atoms with van der Waals surface area (Å²) >= 11 is 0. The molecule has 0 saturated heterocycles. The molecule has 110 valence electrons. The molecule has 0 bridgehead atoms. The molecule has 0 aromatic rings. The van der Waals surface area contributed by atoms with Crippen molar-refractivity contribution >= 4 is 25.3 Å². The molecule has 6 N–H and O–H groups in total. The SMILES string of the molecule is NC(CCP(=O)(O)CC(CC(=O)O)C(=O)O)C(=O)O. The normalized spacial score (nSPS) is 17.2. The molecule has 0 heterocycles. The monoisotopic (exact) mass is 297 g/mol. The van der Waals surface area contributed by atoms with Crippen molar-refractivity contribution in [3.05, 3.63) is 0 Å². The fraction of sp³-hybridized carbons (Fsp3) is 0.667. The molecular formula is C9H16NO8P. The van der Waals surface area contributed by atoms with Gasteiger partial charge in [0.1, 0.15) is 6.04 Å². The van der Waals surface area contributed by atoms with Crippen LogP contribution in [0.3, 0.4) is 0 Å². The maximum Gasteiger partial charge on any atom is 0.320 e. The summed E-state index contributed by atoms with van der Waals surface area (Å²) in [5.41, 5.74) is 5.15. The van der Waals surface area contributed by atoms with Crippen LogP contribution in [0, 0.1) is 5.92 Å². The number of nitrogens with two attached hydrogens (primary N) is 1. The molecule has 0 amide bonds. The summed E-state index contributed by atoms with van der Waals surface area (Å²) in [6.07, 6.45) is -2.25. The highest BCUT2D eigenvalue weighted by molar-refractivity contribution is 7.58. The van der Waals surface area contributed by atoms with Crippen LogP contribution in [0.2, 0.25) is 0 Å². The Bertz CT molecular complexity index is 409. The predicted octanol–water partition coefficient (Wildman–Crippen LogP) is -0.766. The molecule has 10 heteroatoms. The van der Waals surface area contributed by atoms with Crippen LogP contribution in [0.1, 0.15) is 12.8 Å². The van der Waals surface area contributed by atoms with Crippen molar-refractivity contribution in [1.29, 1.82) is 0 Å². The van der Waals surface area contributed by atoms with E-state index < -0.39 is 56.0 Å². The first-order valence-corrected chi connectivity index (χ1v) is 7.32. The van der Waals surface area contributed by atoms with Crippen molar-refractivity contribution in [3.63, 3.8) is 0 Å². The smallest absolute Gasteiger partial charge is 0.320 e. The topological polar surface area (TPSA) is 175 Å². The lowest BCUT2D eigenvalue weighted by Gasteiger charge is -2.16. The van der Waals surface area contributed by atoms with Gasteiger partial charge in [0.05, 0.1) is 12.3 Å². The Balaban J connectivity index is 4.55. The maximum atomic E-state index is 11.7. The summed E-state index contributed by atoms with van der Waals surface area (Å²) in [5.74, 6) is -5.71. The Labute approximate surface area is 108 Å². The summed E-state index contributed by atoms with van der Waals surface area (Å²) in [4.78, 5) is 41.1. The summed E-state index contributed by atoms with van der Waals surface area (Å²) in [7, 11) is -3.94. The number of hydrogen-bond donors (Lipinski definition) is 5. The molecule has 0 rings (SSSR count). The summed E-state index contributed by atoms with van der Waals surface area (Å²) < 4.78 is 11.7. The third-order valence-electron chi connectivity index (χ3n) is 2.38. The molecule has 0 aliphatic heterocycles. The quantitative estimate of drug-likeness (QED) is 0.342. The molecule has 3 unspecified atom stereocenters. The fourth-order valence-electron chi connectivity index (χ4n) is 1.34. The molecule has 0 aromatic carbocycles. The number of carboxylic acid groups (broad SMARTS) is 3. The van der Waals surface area contributed by atoms with Gasteiger partial charge in [-0.25, -0.2) is 0 Å². The highest BCUT2D eigenvalue weighted by atomic mass is 31.2. The van der Waals surface area contributed by atoms with Gasteiger partial charge in [-0.1, -0.05) is 0 Å². The van der Waals surface area contributed by atoms with E-state index in [4.69, 9.17) is 21.1 Å². The van der Waals surface area contributed by atoms with Crippen LogP contribution < -0.4 is 5.73 Å². The van der Waals surface area contributed by atoms with E-state index in [-0.39, 0.29) is 6.42 Å². The second-order valence-corrected chi connectivity index (χ2v) is 6.62. The minimum atomic E-state index is -3.94. The van der Waals surface area contributed by atoms with E-state index >= 15 is 0 Å². The van der Waals surface area contributed by atoms with Gasteiger partial charge in [-0.05, 0) is 6.42 Å². The second kappa shape index (κ2) is 7.22. The third kappa shape index (κ3) is 7.55. The molecule has 0 aliphatic rings. The summed E-state index contributed by atoms with van der Waals surface area (Å²) in [5, 5.41) is 25.7. The standard InChI is InChI=1S/C9H16NO8P/c10-6(9(15)16)1-2-19(17,18)4-5(8(13)14)3-7(11)12/h5-6H,1-4,10H2,(H,11,12)(H,13,14)(H,15,16)(H,17,18). The van der Waals surface area contributed by atoms with E-state index in [9.17, 15) is 23.8 Å². The molecule has 9 nitrogen and oxygen atoms in total. The van der Waals surface area contributed by atoms with E-state index in [1.54, 1.807) is 0 Å². The highest BCUT2D eigenvalue weighted by Crippen LogP contribution is 2.44. The van der Waals surface area contributed by atoms with Crippen LogP contribution in [0.5, 0.6) is 0 Å². The van der Waals surface area contributed by atoms with Crippen molar-refractivity contribution in [2.45, 2.75) is 18.9 Å². The van der Waals surface area contributed by atoms with Crippen molar-refractivity contribution in [2.24, 2.45) is 11.7 Å². The van der Waals surface area contributed by atoms with Crippen molar-refractivity contribution < 1.29 is 39.2 Å². The molecule has 0 radical (unpaired) electrons. The average molecular weight is 297 g/mol. The summed E-state index contributed by atoms with van der Waals surface area (Å²) in [6.45, 7) is 0. The Kier molecular flexibility index (Phi) is 6.68. The lowest BCUT2D eigenvalue weighted by Crippen LogP contribution is -2.31. The van der Waals surface area contributed by atoms with Gasteiger partial charge in [-0.2, -0.15) is 0 Å². The lowest BCUT2D eigenvalue weighted by atomic mass is 10.1. The second-order valence-electron chi connectivity index (χ2n) is 4.12. The van der Waals surface area contributed by atoms with Gasteiger partial charge in [-0.15, -0.1) is 0 Å². The van der Waals surface area contributed by atoms with Gasteiger partial charge >= 0.3 is 17.9 Å². The average Bonchev–Trinajstić information content (AvgIpc) is 2.23. The van der Waals surface area contributed by atoms with Crippen molar-refractivity contribution in [3.8, 4) is 0 Å². The minimum absolute atomic E-state index is 0.289. The first kappa shape index (κ1) is 17.6. The maximum absolute atomic E-state index is 11.7. The largest absolute Gasteiger partial charge is 0.481 e. The zero-order valence-electron chi connectivity index (χ0n) is 9.93. The van der Waals surface area contributed by atoms with Crippen molar-refractivity contribution in [1.82, 2.24) is 0 Å². The van der Waals surface area contributed by atoms with E-state index in [1.165, 1.54) is 0 Å². The molecule has 0 aromatic heterocycles. The Morgan fingerprint density at radius 3 is 2.00 bits per heavy atom. The Hall–Kier alpha value is -1.44. The summed E-state index contributed by atoms with van der Waals surface area (Å²) in [6, 6.07) is -1.32. The Morgan fingerprint density at radius 1 is 1.11 bits per heavy atom. The lowest BCUT2D eigenvalue weighted by molar-refractivity contribution is -0.147. The van der Waals surface area contributed by atoms with Gasteiger partial charge < -0.3 is 25.9 Å². The predicted molar refractivity (Wildman–Crippen MR) is 63.2 cm³/mol. The van der Waals surface area contributed by atoms with Crippen LogP contribution in [-0.2, 0) is 18.9 Å². The molecule has 0 saturated carbocycles. The first-order valence-electron chi connectivity index (χ1n) is 5.29. The number of aliphatic carboxylic acids is 3. The van der Waals surface area contributed by atoms with Crippen LogP contribution in [-0.4, -0.2) is 56.5 Å². The molecular weight excluding hydrogens is 281 g/mol. The third-order valence-corrected chi connectivity index (χ3v) is 4.35. The van der Waals surface area contributed by atoms with Gasteiger partial charge in [0, 0.05) is 12.3 Å². The van der Waals surface area contributed by atoms with E-state index in [1.807, 2.05) is 0 Å². The highest BCUT2D eigenvalue weighted by Gasteiger charge is 2.31. The van der Waals surface area contributed by atoms with Crippen LogP contribution >= 0.6 is 7.37 Å². The number of carboxylic acids is 3. The van der Waals surface area contributed by atoms with Crippen molar-refractivity contribution in [2.75, 3.05) is 12.3 Å². The van der Waals surface area contributed by atoms with Crippen LogP contribution in [0.15, 0.2) is 0 Å². The number of carbonyl (C=O) groups is 3. The zero-order valence-corrected chi connectivity index (χ0v) is 10.8. The minimum Gasteiger partial charge on any atom is -0.481 e. The van der Waals surface area contributed by atoms with Crippen LogP contribution in [0.4, 0.5) is 0 Å². The molecule has 0 fully saturated rings. The van der Waals surface area contributed by atoms with Crippen LogP contribution in [0.25, 0.3) is 0 Å². The molecule has 3 atom stereocenters. The molecule has 0 spiro atoms. The van der Waals surface area contributed by atoms with E-state index in [0.29, 0.717) is 0 Å². The van der Waals surface area contributed by atoms with Gasteiger partial charge in [0.25, 0.3) is 0 Å². The number of hydrogen-bond acceptors (Lipinski definition) is 5. The number of rotatable bonds is 9. The van der Waals surface area contributed by atoms with E-state index in [2.05, 4.69) is 0 Å². The van der Waals surface area contributed by atoms with Gasteiger partial charge in [-0.3, -0.25) is 18.9 Å². The van der Waals surface area contributed by atoms with Gasteiger partial charge in [0.2, 0.25) is 7.37 Å². The molecule has 19 heavy (non-hydrogen) atoms. The zero-order chi connectivity index (χ0) is 15.2. The Morgan fingerprint density at radius 2 is 1.63 bits per heavy atom. The van der Waals surface area contributed by atoms with Gasteiger partial charge in [0.15, 0.2) is 0 Å². The fourth-order valence-corrected chi connectivity index (χ4v) is 3.18.